The van der Waals surface area contributed by atoms with Crippen LogP contribution in [-0.4, -0.2) is 39.5 Å². The standard InChI is InChI=1S/C26H29F3N4/c1-25(2,3)17-33-13-9-18(10-14-33)23-22(20-5-4-6-21(15-20)26(27,28)29)16-31-24(32-23)19-7-11-30-12-8-19/h4-8,11-12,15-16,18H,9-10,13-14,17H2,1-3H3. The molecular formula is C26H29F3N4. The number of rotatable bonds is 4. The Balaban J connectivity index is 1.71. The van der Waals surface area contributed by atoms with Crippen LogP contribution in [0.2, 0.25) is 0 Å². The lowest BCUT2D eigenvalue weighted by Gasteiger charge is -2.36. The van der Waals surface area contributed by atoms with Crippen LogP contribution in [0.25, 0.3) is 22.5 Å². The van der Waals surface area contributed by atoms with Gasteiger partial charge in [-0.2, -0.15) is 13.2 Å². The second kappa shape index (κ2) is 9.21. The van der Waals surface area contributed by atoms with E-state index in [2.05, 4.69) is 35.6 Å². The van der Waals surface area contributed by atoms with E-state index < -0.39 is 11.7 Å². The third kappa shape index (κ3) is 5.77. The van der Waals surface area contributed by atoms with Crippen LogP contribution in [0, 0.1) is 5.41 Å². The molecule has 0 atom stereocenters. The van der Waals surface area contributed by atoms with Crippen LogP contribution in [0.1, 0.15) is 50.8 Å². The molecule has 1 saturated heterocycles. The van der Waals surface area contributed by atoms with Gasteiger partial charge in [0.05, 0.1) is 11.3 Å². The zero-order valence-corrected chi connectivity index (χ0v) is 19.2. The zero-order valence-electron chi connectivity index (χ0n) is 19.2. The highest BCUT2D eigenvalue weighted by molar-refractivity contribution is 5.68. The predicted molar refractivity (Wildman–Crippen MR) is 124 cm³/mol. The number of halogens is 3. The van der Waals surface area contributed by atoms with E-state index in [9.17, 15) is 13.2 Å². The van der Waals surface area contributed by atoms with Crippen molar-refractivity contribution in [1.82, 2.24) is 19.9 Å². The molecule has 33 heavy (non-hydrogen) atoms. The molecule has 4 nitrogen and oxygen atoms in total. The third-order valence-electron chi connectivity index (χ3n) is 5.93. The summed E-state index contributed by atoms with van der Waals surface area (Å²) in [7, 11) is 0. The first-order chi connectivity index (χ1) is 15.6. The van der Waals surface area contributed by atoms with E-state index in [1.54, 1.807) is 24.7 Å². The smallest absolute Gasteiger partial charge is 0.303 e. The Morgan fingerprint density at radius 2 is 1.67 bits per heavy atom. The molecule has 0 radical (unpaired) electrons. The average Bonchev–Trinajstić information content (AvgIpc) is 2.78. The van der Waals surface area contributed by atoms with Gasteiger partial charge in [-0.1, -0.05) is 32.9 Å². The minimum absolute atomic E-state index is 0.161. The van der Waals surface area contributed by atoms with Crippen molar-refractivity contribution in [3.05, 3.63) is 66.2 Å². The fraction of sp³-hybridized carbons (Fsp3) is 0.423. The Morgan fingerprint density at radius 3 is 2.30 bits per heavy atom. The lowest BCUT2D eigenvalue weighted by Crippen LogP contribution is -2.38. The SMILES string of the molecule is CC(C)(C)CN1CCC(c2nc(-c3ccncc3)ncc2-c2cccc(C(F)(F)F)c2)CC1. The molecule has 2 aromatic heterocycles. The molecule has 1 fully saturated rings. The molecule has 3 heterocycles. The van der Waals surface area contributed by atoms with Crippen LogP contribution in [0.3, 0.4) is 0 Å². The summed E-state index contributed by atoms with van der Waals surface area (Å²) in [5.41, 5.74) is 2.40. The fourth-order valence-corrected chi connectivity index (χ4v) is 4.47. The van der Waals surface area contributed by atoms with Gasteiger partial charge in [-0.3, -0.25) is 4.98 Å². The summed E-state index contributed by atoms with van der Waals surface area (Å²) in [6.07, 6.45) is 2.47. The van der Waals surface area contributed by atoms with Gasteiger partial charge in [0.1, 0.15) is 0 Å². The lowest BCUT2D eigenvalue weighted by molar-refractivity contribution is -0.137. The van der Waals surface area contributed by atoms with Crippen molar-refractivity contribution < 1.29 is 13.2 Å². The zero-order chi connectivity index (χ0) is 23.6. The van der Waals surface area contributed by atoms with Crippen molar-refractivity contribution >= 4 is 0 Å². The molecule has 0 unspecified atom stereocenters. The molecule has 0 amide bonds. The lowest BCUT2D eigenvalue weighted by atomic mass is 9.87. The molecule has 0 spiro atoms. The highest BCUT2D eigenvalue weighted by Crippen LogP contribution is 2.38. The summed E-state index contributed by atoms with van der Waals surface area (Å²) in [5.74, 6) is 0.731. The summed E-state index contributed by atoms with van der Waals surface area (Å²) in [6, 6.07) is 9.14. The van der Waals surface area contributed by atoms with Crippen LogP contribution < -0.4 is 0 Å². The Labute approximate surface area is 192 Å². The minimum atomic E-state index is -4.40. The van der Waals surface area contributed by atoms with Gasteiger partial charge >= 0.3 is 6.18 Å². The molecule has 4 rings (SSSR count). The summed E-state index contributed by atoms with van der Waals surface area (Å²) in [5, 5.41) is 0. The van der Waals surface area contributed by atoms with Crippen molar-refractivity contribution in [2.45, 2.75) is 45.7 Å². The Bertz CT molecular complexity index is 1080. The number of hydrogen-bond donors (Lipinski definition) is 0. The molecule has 0 aliphatic carbocycles. The Kier molecular flexibility index (Phi) is 6.52. The molecule has 3 aromatic rings. The largest absolute Gasteiger partial charge is 0.416 e. The maximum atomic E-state index is 13.4. The maximum absolute atomic E-state index is 13.4. The Morgan fingerprint density at radius 1 is 0.970 bits per heavy atom. The van der Waals surface area contributed by atoms with Crippen molar-refractivity contribution in [2.24, 2.45) is 5.41 Å². The molecule has 0 saturated carbocycles. The van der Waals surface area contributed by atoms with Gasteiger partial charge < -0.3 is 4.90 Å². The van der Waals surface area contributed by atoms with Crippen molar-refractivity contribution in [3.63, 3.8) is 0 Å². The molecule has 1 aliphatic rings. The fourth-order valence-electron chi connectivity index (χ4n) is 4.47. The van der Waals surface area contributed by atoms with Gasteiger partial charge in [-0.15, -0.1) is 0 Å². The summed E-state index contributed by atoms with van der Waals surface area (Å²) in [4.78, 5) is 15.9. The van der Waals surface area contributed by atoms with Gasteiger partial charge in [0.15, 0.2) is 5.82 Å². The van der Waals surface area contributed by atoms with Crippen LogP contribution in [0.4, 0.5) is 13.2 Å². The molecular weight excluding hydrogens is 425 g/mol. The van der Waals surface area contributed by atoms with Gasteiger partial charge in [0.25, 0.3) is 0 Å². The van der Waals surface area contributed by atoms with Crippen LogP contribution in [0.5, 0.6) is 0 Å². The van der Waals surface area contributed by atoms with E-state index in [1.807, 2.05) is 12.1 Å². The van der Waals surface area contributed by atoms with Crippen molar-refractivity contribution in [2.75, 3.05) is 19.6 Å². The van der Waals surface area contributed by atoms with Crippen molar-refractivity contribution in [1.29, 1.82) is 0 Å². The van der Waals surface area contributed by atoms with E-state index in [0.29, 0.717) is 17.0 Å². The van der Waals surface area contributed by atoms with Gasteiger partial charge in [-0.05, 0) is 61.2 Å². The van der Waals surface area contributed by atoms with Crippen LogP contribution in [0.15, 0.2) is 55.0 Å². The molecule has 7 heteroatoms. The molecule has 174 valence electrons. The highest BCUT2D eigenvalue weighted by Gasteiger charge is 2.31. The van der Waals surface area contributed by atoms with Crippen LogP contribution >= 0.6 is 0 Å². The highest BCUT2D eigenvalue weighted by atomic mass is 19.4. The first kappa shape index (κ1) is 23.4. The number of alkyl halides is 3. The second-order valence-electron chi connectivity index (χ2n) is 9.92. The monoisotopic (exact) mass is 454 g/mol. The number of piperidine rings is 1. The number of hydrogen-bond acceptors (Lipinski definition) is 4. The third-order valence-corrected chi connectivity index (χ3v) is 5.93. The Hall–Kier alpha value is -2.80. The van der Waals surface area contributed by atoms with E-state index in [4.69, 9.17) is 4.98 Å². The summed E-state index contributed by atoms with van der Waals surface area (Å²) in [6.45, 7) is 9.60. The van der Waals surface area contributed by atoms with Crippen LogP contribution in [-0.2, 0) is 6.18 Å². The van der Waals surface area contributed by atoms with E-state index in [1.165, 1.54) is 12.1 Å². The van der Waals surface area contributed by atoms with E-state index in [0.717, 1.165) is 49.8 Å². The topological polar surface area (TPSA) is 41.9 Å². The average molecular weight is 455 g/mol. The first-order valence-corrected chi connectivity index (χ1v) is 11.3. The quantitative estimate of drug-likeness (QED) is 0.454. The number of likely N-dealkylation sites (tertiary alicyclic amines) is 1. The molecule has 1 aliphatic heterocycles. The van der Waals surface area contributed by atoms with Gasteiger partial charge in [-0.25, -0.2) is 9.97 Å². The maximum Gasteiger partial charge on any atom is 0.416 e. The van der Waals surface area contributed by atoms with Gasteiger partial charge in [0.2, 0.25) is 0 Å². The minimum Gasteiger partial charge on any atom is -0.303 e. The molecule has 0 N–H and O–H groups in total. The van der Waals surface area contributed by atoms with Gasteiger partial charge in [0, 0.05) is 42.2 Å². The number of benzene rings is 1. The van der Waals surface area contributed by atoms with Crippen molar-refractivity contribution in [3.8, 4) is 22.5 Å². The number of nitrogens with zero attached hydrogens (tertiary/aromatic N) is 4. The first-order valence-electron chi connectivity index (χ1n) is 11.3. The number of pyridine rings is 1. The number of aromatic nitrogens is 3. The second-order valence-corrected chi connectivity index (χ2v) is 9.92. The predicted octanol–water partition coefficient (Wildman–Crippen LogP) is 6.45. The molecule has 1 aromatic carbocycles. The molecule has 0 bridgehead atoms. The summed E-state index contributed by atoms with van der Waals surface area (Å²) < 4.78 is 40.1. The summed E-state index contributed by atoms with van der Waals surface area (Å²) >= 11 is 0. The van der Waals surface area contributed by atoms with E-state index >= 15 is 0 Å². The normalized spacial score (nSPS) is 16.2. The van der Waals surface area contributed by atoms with E-state index in [-0.39, 0.29) is 11.3 Å².